The first-order valence-corrected chi connectivity index (χ1v) is 7.11. The standard InChI is InChI=1S/C12H15F3N2S/c1-18-9-5-4-8(7-9)17-11-10(12(13,14)15)3-2-6-16-11/h2-3,6,8-9H,4-5,7H2,1H3,(H,16,17). The van der Waals surface area contributed by atoms with Crippen molar-refractivity contribution in [2.75, 3.05) is 11.6 Å². The van der Waals surface area contributed by atoms with Crippen molar-refractivity contribution in [3.05, 3.63) is 23.9 Å². The number of halogens is 3. The third kappa shape index (κ3) is 3.10. The van der Waals surface area contributed by atoms with E-state index in [2.05, 4.69) is 10.3 Å². The number of aromatic nitrogens is 1. The summed E-state index contributed by atoms with van der Waals surface area (Å²) in [4.78, 5) is 3.82. The minimum atomic E-state index is -4.35. The van der Waals surface area contributed by atoms with E-state index in [-0.39, 0.29) is 11.9 Å². The number of pyridine rings is 1. The van der Waals surface area contributed by atoms with Crippen LogP contribution in [0.4, 0.5) is 19.0 Å². The molecule has 0 amide bonds. The fraction of sp³-hybridized carbons (Fsp3) is 0.583. The Hall–Kier alpha value is -0.910. The Kier molecular flexibility index (Phi) is 4.04. The molecule has 1 aliphatic rings. The lowest BCUT2D eigenvalue weighted by Gasteiger charge is -2.17. The number of rotatable bonds is 3. The highest BCUT2D eigenvalue weighted by atomic mass is 32.2. The van der Waals surface area contributed by atoms with Gasteiger partial charge in [0.25, 0.3) is 0 Å². The number of hydrogen-bond donors (Lipinski definition) is 1. The summed E-state index contributed by atoms with van der Waals surface area (Å²) >= 11 is 1.77. The highest BCUT2D eigenvalue weighted by Gasteiger charge is 2.35. The molecular weight excluding hydrogens is 261 g/mol. The minimum Gasteiger partial charge on any atom is -0.367 e. The minimum absolute atomic E-state index is 0.0447. The molecule has 2 rings (SSSR count). The van der Waals surface area contributed by atoms with Crippen LogP contribution in [0.25, 0.3) is 0 Å². The lowest BCUT2D eigenvalue weighted by Crippen LogP contribution is -2.20. The van der Waals surface area contributed by atoms with Gasteiger partial charge in [0.15, 0.2) is 0 Å². The fourth-order valence-electron chi connectivity index (χ4n) is 2.23. The van der Waals surface area contributed by atoms with Gasteiger partial charge in [0.05, 0.1) is 5.56 Å². The second kappa shape index (κ2) is 5.38. The second-order valence-corrected chi connectivity index (χ2v) is 5.55. The fourth-order valence-corrected chi connectivity index (χ4v) is 3.02. The lowest BCUT2D eigenvalue weighted by atomic mass is 10.2. The van der Waals surface area contributed by atoms with Gasteiger partial charge in [-0.3, -0.25) is 0 Å². The maximum absolute atomic E-state index is 12.8. The van der Waals surface area contributed by atoms with Gasteiger partial charge in [-0.05, 0) is 37.7 Å². The molecule has 1 N–H and O–H groups in total. The van der Waals surface area contributed by atoms with Crippen molar-refractivity contribution in [2.45, 2.75) is 36.7 Å². The molecule has 1 saturated carbocycles. The van der Waals surface area contributed by atoms with E-state index in [0.29, 0.717) is 5.25 Å². The first-order valence-electron chi connectivity index (χ1n) is 5.82. The van der Waals surface area contributed by atoms with Gasteiger partial charge in [-0.2, -0.15) is 24.9 Å². The van der Waals surface area contributed by atoms with Crippen LogP contribution in [0.3, 0.4) is 0 Å². The van der Waals surface area contributed by atoms with Crippen molar-refractivity contribution in [1.29, 1.82) is 0 Å². The zero-order chi connectivity index (χ0) is 13.2. The summed E-state index contributed by atoms with van der Waals surface area (Å²) in [5, 5.41) is 3.48. The molecule has 0 aliphatic heterocycles. The Balaban J connectivity index is 2.10. The third-order valence-electron chi connectivity index (χ3n) is 3.17. The highest BCUT2D eigenvalue weighted by molar-refractivity contribution is 7.99. The van der Waals surface area contributed by atoms with E-state index in [1.807, 2.05) is 6.26 Å². The van der Waals surface area contributed by atoms with Crippen molar-refractivity contribution in [3.8, 4) is 0 Å². The first-order chi connectivity index (χ1) is 8.50. The molecule has 1 aromatic heterocycles. The second-order valence-electron chi connectivity index (χ2n) is 4.41. The van der Waals surface area contributed by atoms with Crippen molar-refractivity contribution < 1.29 is 13.2 Å². The number of thioether (sulfide) groups is 1. The largest absolute Gasteiger partial charge is 0.419 e. The van der Waals surface area contributed by atoms with Gasteiger partial charge in [0.2, 0.25) is 0 Å². The average molecular weight is 276 g/mol. The van der Waals surface area contributed by atoms with E-state index in [0.717, 1.165) is 25.3 Å². The van der Waals surface area contributed by atoms with E-state index in [9.17, 15) is 13.2 Å². The Morgan fingerprint density at radius 3 is 2.78 bits per heavy atom. The monoisotopic (exact) mass is 276 g/mol. The predicted molar refractivity (Wildman–Crippen MR) is 67.8 cm³/mol. The Morgan fingerprint density at radius 1 is 1.39 bits per heavy atom. The summed E-state index contributed by atoms with van der Waals surface area (Å²) in [6.45, 7) is 0. The Morgan fingerprint density at radius 2 is 2.17 bits per heavy atom. The van der Waals surface area contributed by atoms with Crippen molar-refractivity contribution in [3.63, 3.8) is 0 Å². The molecule has 1 fully saturated rings. The number of alkyl halides is 3. The van der Waals surface area contributed by atoms with E-state index < -0.39 is 11.7 Å². The van der Waals surface area contributed by atoms with E-state index in [4.69, 9.17) is 0 Å². The molecule has 0 bridgehead atoms. The molecule has 0 radical (unpaired) electrons. The summed E-state index contributed by atoms with van der Waals surface area (Å²) in [5.41, 5.74) is -0.683. The highest BCUT2D eigenvalue weighted by Crippen LogP contribution is 2.36. The normalized spacial score (nSPS) is 24.2. The number of nitrogens with zero attached hydrogens (tertiary/aromatic N) is 1. The van der Waals surface area contributed by atoms with Crippen molar-refractivity contribution in [1.82, 2.24) is 4.98 Å². The molecule has 2 unspecified atom stereocenters. The molecule has 2 atom stereocenters. The molecule has 18 heavy (non-hydrogen) atoms. The quantitative estimate of drug-likeness (QED) is 0.909. The molecule has 0 spiro atoms. The zero-order valence-corrected chi connectivity index (χ0v) is 10.8. The zero-order valence-electron chi connectivity index (χ0n) is 10.00. The maximum atomic E-state index is 12.8. The van der Waals surface area contributed by atoms with Gasteiger partial charge in [-0.1, -0.05) is 0 Å². The van der Waals surface area contributed by atoms with Crippen LogP contribution < -0.4 is 5.32 Å². The average Bonchev–Trinajstić information content (AvgIpc) is 2.76. The topological polar surface area (TPSA) is 24.9 Å². The molecule has 0 aromatic carbocycles. The summed E-state index contributed by atoms with van der Waals surface area (Å²) in [6.07, 6.45) is 1.92. The van der Waals surface area contributed by atoms with Crippen LogP contribution >= 0.6 is 11.8 Å². The summed E-state index contributed by atoms with van der Waals surface area (Å²) < 4.78 is 38.3. The summed E-state index contributed by atoms with van der Waals surface area (Å²) in [7, 11) is 0. The Labute approximate surface area is 108 Å². The van der Waals surface area contributed by atoms with Crippen molar-refractivity contribution in [2.24, 2.45) is 0 Å². The van der Waals surface area contributed by atoms with E-state index >= 15 is 0 Å². The Bertz CT molecular complexity index is 409. The van der Waals surface area contributed by atoms with Gasteiger partial charge in [0, 0.05) is 17.5 Å². The first kappa shape index (κ1) is 13.5. The van der Waals surface area contributed by atoms with Gasteiger partial charge in [0.1, 0.15) is 5.82 Å². The van der Waals surface area contributed by atoms with Crippen LogP contribution in [0.15, 0.2) is 18.3 Å². The van der Waals surface area contributed by atoms with Gasteiger partial charge in [-0.15, -0.1) is 0 Å². The van der Waals surface area contributed by atoms with Gasteiger partial charge in [-0.25, -0.2) is 4.98 Å². The molecule has 100 valence electrons. The molecule has 0 saturated heterocycles. The molecule has 1 aliphatic carbocycles. The predicted octanol–water partition coefficient (Wildman–Crippen LogP) is 3.80. The maximum Gasteiger partial charge on any atom is 0.419 e. The van der Waals surface area contributed by atoms with Crippen molar-refractivity contribution >= 4 is 17.6 Å². The molecule has 2 nitrogen and oxygen atoms in total. The third-order valence-corrected chi connectivity index (χ3v) is 4.27. The van der Waals surface area contributed by atoms with E-state index in [1.54, 1.807) is 11.8 Å². The van der Waals surface area contributed by atoms with Crippen LogP contribution in [-0.4, -0.2) is 22.5 Å². The smallest absolute Gasteiger partial charge is 0.367 e. The molecule has 1 heterocycles. The molecule has 6 heteroatoms. The molecular formula is C12H15F3N2S. The SMILES string of the molecule is CSC1CCC(Nc2ncccc2C(F)(F)F)C1. The van der Waals surface area contributed by atoms with Crippen LogP contribution in [-0.2, 0) is 6.18 Å². The summed E-state index contributed by atoms with van der Waals surface area (Å²) in [5.74, 6) is -0.0447. The van der Waals surface area contributed by atoms with Crippen LogP contribution in [0.1, 0.15) is 24.8 Å². The van der Waals surface area contributed by atoms with E-state index in [1.165, 1.54) is 12.3 Å². The van der Waals surface area contributed by atoms with Gasteiger partial charge >= 0.3 is 6.18 Å². The number of hydrogen-bond acceptors (Lipinski definition) is 3. The van der Waals surface area contributed by atoms with Gasteiger partial charge < -0.3 is 5.32 Å². The molecule has 1 aromatic rings. The number of nitrogens with one attached hydrogen (secondary N) is 1. The van der Waals surface area contributed by atoms with Crippen LogP contribution in [0, 0.1) is 0 Å². The summed E-state index contributed by atoms with van der Waals surface area (Å²) in [6, 6.07) is 2.47. The van der Waals surface area contributed by atoms with Crippen LogP contribution in [0.2, 0.25) is 0 Å². The number of anilines is 1. The van der Waals surface area contributed by atoms with Crippen LogP contribution in [0.5, 0.6) is 0 Å². The lowest BCUT2D eigenvalue weighted by molar-refractivity contribution is -0.137.